The molecule has 1 aromatic carbocycles. The van der Waals surface area contributed by atoms with Crippen LogP contribution in [0.4, 0.5) is 14.6 Å². The smallest absolute Gasteiger partial charge is 0.303 e. The number of halogens is 3. The SMILES string of the molecule is CC(C)CN(c1cc(-c2cc(F)c(Cl)c(F)c2)nc2cc(C(=O)N3C[C@@H]4C(CC(=O)O)[C@@H]4C3)nn12)[C@H](C)C(C)C. The van der Waals surface area contributed by atoms with Crippen LogP contribution in [0, 0.1) is 41.2 Å². The number of anilines is 1. The maximum absolute atomic E-state index is 14.4. The summed E-state index contributed by atoms with van der Waals surface area (Å²) in [5.74, 6) is -1.03. The zero-order chi connectivity index (χ0) is 29.0. The summed E-state index contributed by atoms with van der Waals surface area (Å²) < 4.78 is 30.4. The van der Waals surface area contributed by atoms with E-state index < -0.39 is 22.6 Å². The average Bonchev–Trinajstić information content (AvgIpc) is 3.24. The molecule has 0 radical (unpaired) electrons. The van der Waals surface area contributed by atoms with Gasteiger partial charge in [-0.25, -0.2) is 13.8 Å². The second-order valence-electron chi connectivity index (χ2n) is 11.9. The second kappa shape index (κ2) is 10.6. The molecule has 4 atom stereocenters. The van der Waals surface area contributed by atoms with Crippen LogP contribution in [0.25, 0.3) is 16.9 Å². The van der Waals surface area contributed by atoms with Crippen LogP contribution in [-0.2, 0) is 4.79 Å². The van der Waals surface area contributed by atoms with Gasteiger partial charge in [-0.15, -0.1) is 0 Å². The molecule has 1 N–H and O–H groups in total. The van der Waals surface area contributed by atoms with E-state index in [1.54, 1.807) is 21.5 Å². The molecule has 1 unspecified atom stereocenters. The van der Waals surface area contributed by atoms with Gasteiger partial charge < -0.3 is 14.9 Å². The summed E-state index contributed by atoms with van der Waals surface area (Å²) in [6.07, 6.45) is 0.132. The molecule has 5 rings (SSSR count). The third-order valence-electron chi connectivity index (χ3n) is 8.29. The van der Waals surface area contributed by atoms with Gasteiger partial charge in [0, 0.05) is 49.8 Å². The number of likely N-dealkylation sites (tertiary alicyclic amines) is 1. The molecule has 214 valence electrons. The van der Waals surface area contributed by atoms with Gasteiger partial charge in [0.2, 0.25) is 0 Å². The minimum absolute atomic E-state index is 0.0831. The van der Waals surface area contributed by atoms with Crippen LogP contribution in [0.5, 0.6) is 0 Å². The topological polar surface area (TPSA) is 91.0 Å². The van der Waals surface area contributed by atoms with E-state index in [2.05, 4.69) is 49.6 Å². The number of hydrogen-bond acceptors (Lipinski definition) is 5. The molecular formula is C29H34ClF2N5O3. The Balaban J connectivity index is 1.56. The van der Waals surface area contributed by atoms with Crippen LogP contribution in [0.2, 0.25) is 5.02 Å². The molecule has 1 aliphatic heterocycles. The third-order valence-corrected chi connectivity index (χ3v) is 8.65. The summed E-state index contributed by atoms with van der Waals surface area (Å²) in [5.41, 5.74) is 1.16. The lowest BCUT2D eigenvalue weighted by Crippen LogP contribution is -2.40. The number of carboxylic acid groups (broad SMARTS) is 1. The van der Waals surface area contributed by atoms with Gasteiger partial charge in [-0.2, -0.15) is 9.61 Å². The van der Waals surface area contributed by atoms with Crippen molar-refractivity contribution >= 4 is 34.9 Å². The number of hydrogen-bond donors (Lipinski definition) is 1. The number of aromatic nitrogens is 3. The molecule has 0 bridgehead atoms. The van der Waals surface area contributed by atoms with Crippen molar-refractivity contribution in [2.45, 2.75) is 47.1 Å². The number of benzene rings is 1. The van der Waals surface area contributed by atoms with Crippen LogP contribution in [0.15, 0.2) is 24.3 Å². The van der Waals surface area contributed by atoms with E-state index in [1.807, 2.05) is 0 Å². The predicted molar refractivity (Wildman–Crippen MR) is 148 cm³/mol. The molecule has 2 aromatic heterocycles. The Hall–Kier alpha value is -3.27. The number of aliphatic carboxylic acids is 1. The number of rotatable bonds is 9. The fraction of sp³-hybridized carbons (Fsp3) is 0.517. The highest BCUT2D eigenvalue weighted by Gasteiger charge is 2.57. The van der Waals surface area contributed by atoms with Crippen LogP contribution in [0.3, 0.4) is 0 Å². The van der Waals surface area contributed by atoms with Crippen molar-refractivity contribution in [1.29, 1.82) is 0 Å². The molecule has 40 heavy (non-hydrogen) atoms. The van der Waals surface area contributed by atoms with Gasteiger partial charge in [0.15, 0.2) is 11.3 Å². The van der Waals surface area contributed by atoms with Crippen molar-refractivity contribution in [1.82, 2.24) is 19.5 Å². The van der Waals surface area contributed by atoms with E-state index in [9.17, 15) is 18.4 Å². The number of nitrogens with zero attached hydrogens (tertiary/aromatic N) is 5. The third kappa shape index (κ3) is 5.25. The highest BCUT2D eigenvalue weighted by molar-refractivity contribution is 6.31. The first-order valence-electron chi connectivity index (χ1n) is 13.7. The van der Waals surface area contributed by atoms with Crippen molar-refractivity contribution in [2.75, 3.05) is 24.5 Å². The number of carbonyl (C=O) groups excluding carboxylic acids is 1. The summed E-state index contributed by atoms with van der Waals surface area (Å²) in [4.78, 5) is 33.1. The molecular weight excluding hydrogens is 540 g/mol. The van der Waals surface area contributed by atoms with E-state index >= 15 is 0 Å². The second-order valence-corrected chi connectivity index (χ2v) is 12.3. The lowest BCUT2D eigenvalue weighted by atomic mass is 10.0. The summed E-state index contributed by atoms with van der Waals surface area (Å²) in [6, 6.07) is 5.74. The van der Waals surface area contributed by atoms with Gasteiger partial charge in [-0.1, -0.05) is 39.3 Å². The number of fused-ring (bicyclic) bond motifs is 2. The molecule has 8 nitrogen and oxygen atoms in total. The Morgan fingerprint density at radius 2 is 1.70 bits per heavy atom. The summed E-state index contributed by atoms with van der Waals surface area (Å²) in [6.45, 7) is 12.3. The zero-order valence-electron chi connectivity index (χ0n) is 23.2. The fourth-order valence-electron chi connectivity index (χ4n) is 5.82. The van der Waals surface area contributed by atoms with E-state index in [0.29, 0.717) is 42.7 Å². The van der Waals surface area contributed by atoms with Gasteiger partial charge in [0.25, 0.3) is 5.91 Å². The number of carboxylic acids is 1. The highest BCUT2D eigenvalue weighted by Crippen LogP contribution is 2.53. The van der Waals surface area contributed by atoms with Crippen molar-refractivity contribution in [3.05, 3.63) is 46.6 Å². The Morgan fingerprint density at radius 1 is 1.07 bits per heavy atom. The minimum Gasteiger partial charge on any atom is -0.481 e. The molecule has 2 fully saturated rings. The summed E-state index contributed by atoms with van der Waals surface area (Å²) in [7, 11) is 0. The molecule has 2 aliphatic rings. The van der Waals surface area contributed by atoms with E-state index in [0.717, 1.165) is 12.1 Å². The largest absolute Gasteiger partial charge is 0.481 e. The first kappa shape index (κ1) is 28.3. The van der Waals surface area contributed by atoms with Crippen LogP contribution in [0.1, 0.15) is 51.5 Å². The molecule has 1 amide bonds. The van der Waals surface area contributed by atoms with E-state index in [-0.39, 0.29) is 53.3 Å². The fourth-order valence-corrected chi connectivity index (χ4v) is 5.93. The summed E-state index contributed by atoms with van der Waals surface area (Å²) >= 11 is 5.73. The minimum atomic E-state index is -0.882. The van der Waals surface area contributed by atoms with Crippen molar-refractivity contribution in [2.24, 2.45) is 29.6 Å². The lowest BCUT2D eigenvalue weighted by Gasteiger charge is -2.35. The predicted octanol–water partition coefficient (Wildman–Crippen LogP) is 5.63. The van der Waals surface area contributed by atoms with Crippen LogP contribution in [-0.4, -0.2) is 62.2 Å². The first-order chi connectivity index (χ1) is 18.8. The quantitative estimate of drug-likeness (QED) is 0.334. The Labute approximate surface area is 236 Å². The molecule has 3 aromatic rings. The standard InChI is InChI=1S/C29H34ClF2N5O3/c1-14(2)11-36(16(5)15(3)4)26-10-23(17-6-21(31)28(30)22(32)7-17)33-25-9-24(34-37(25)26)29(40)35-12-19-18(8-27(38)39)20(19)13-35/h6-7,9-10,14-16,18-20H,8,11-13H2,1-5H3,(H,38,39)/t16-,18?,19-,20+/m1/s1. The van der Waals surface area contributed by atoms with E-state index in [1.165, 1.54) is 0 Å². The van der Waals surface area contributed by atoms with Crippen LogP contribution >= 0.6 is 11.6 Å². The molecule has 1 aliphatic carbocycles. The van der Waals surface area contributed by atoms with Gasteiger partial charge in [-0.05, 0) is 48.6 Å². The maximum atomic E-state index is 14.4. The van der Waals surface area contributed by atoms with Crippen molar-refractivity contribution < 1.29 is 23.5 Å². The first-order valence-corrected chi connectivity index (χ1v) is 14.1. The average molecular weight is 574 g/mol. The summed E-state index contributed by atoms with van der Waals surface area (Å²) in [5, 5.41) is 13.2. The molecule has 11 heteroatoms. The lowest BCUT2D eigenvalue weighted by molar-refractivity contribution is -0.137. The Bertz CT molecular complexity index is 1440. The molecule has 1 saturated carbocycles. The van der Waals surface area contributed by atoms with Crippen LogP contribution < -0.4 is 4.90 Å². The normalized spacial score (nSPS) is 20.9. The van der Waals surface area contributed by atoms with Gasteiger partial charge in [0.1, 0.15) is 22.5 Å². The van der Waals surface area contributed by atoms with Crippen molar-refractivity contribution in [3.63, 3.8) is 0 Å². The maximum Gasteiger partial charge on any atom is 0.303 e. The van der Waals surface area contributed by atoms with Gasteiger partial charge >= 0.3 is 5.97 Å². The Morgan fingerprint density at radius 3 is 2.25 bits per heavy atom. The van der Waals surface area contributed by atoms with Gasteiger partial charge in [-0.3, -0.25) is 9.59 Å². The Kier molecular flexibility index (Phi) is 7.50. The molecule has 0 spiro atoms. The monoisotopic (exact) mass is 573 g/mol. The molecule has 1 saturated heterocycles. The highest BCUT2D eigenvalue weighted by atomic mass is 35.5. The number of amides is 1. The van der Waals surface area contributed by atoms with Crippen molar-refractivity contribution in [3.8, 4) is 11.3 Å². The number of piperidine rings is 1. The zero-order valence-corrected chi connectivity index (χ0v) is 24.0. The molecule has 3 heterocycles. The van der Waals surface area contributed by atoms with E-state index in [4.69, 9.17) is 16.7 Å². The number of carbonyl (C=O) groups is 2. The van der Waals surface area contributed by atoms with Gasteiger partial charge in [0.05, 0.1) is 5.69 Å².